The number of rotatable bonds is 3. The van der Waals surface area contributed by atoms with E-state index < -0.39 is 0 Å². The lowest BCUT2D eigenvalue weighted by Gasteiger charge is -2.22. The molecule has 0 N–H and O–H groups in total. The molecule has 0 spiro atoms. The summed E-state index contributed by atoms with van der Waals surface area (Å²) in [5.41, 5.74) is 2.90. The quantitative estimate of drug-likeness (QED) is 0.645. The van der Waals surface area contributed by atoms with Crippen LogP contribution in [-0.4, -0.2) is 0 Å². The first-order valence-corrected chi connectivity index (χ1v) is 7.72. The van der Waals surface area contributed by atoms with E-state index in [4.69, 9.17) is 0 Å². The molecule has 1 aliphatic rings. The first kappa shape index (κ1) is 12.2. The van der Waals surface area contributed by atoms with Crippen molar-refractivity contribution in [2.75, 3.05) is 0 Å². The zero-order valence-electron chi connectivity index (χ0n) is 11.0. The van der Waals surface area contributed by atoms with Crippen LogP contribution < -0.4 is 0 Å². The molecule has 0 nitrogen and oxygen atoms in total. The third-order valence-corrected chi connectivity index (χ3v) is 5.58. The number of aryl methyl sites for hydroxylation is 1. The van der Waals surface area contributed by atoms with Gasteiger partial charge < -0.3 is 0 Å². The van der Waals surface area contributed by atoms with Gasteiger partial charge in [-0.15, -0.1) is 0 Å². The standard InChI is InChI=1S/C17H19Br/c1-11-7-8-14-5-3-4-6-15(14)16(11)17(18)12(2)13-9-10-13/h3-8,12-13,17H,9-10H2,1-2H3. The van der Waals surface area contributed by atoms with Crippen LogP contribution in [-0.2, 0) is 0 Å². The van der Waals surface area contributed by atoms with E-state index in [0.717, 1.165) is 11.8 Å². The molecular formula is C17H19Br. The highest BCUT2D eigenvalue weighted by Gasteiger charge is 2.33. The van der Waals surface area contributed by atoms with E-state index in [-0.39, 0.29) is 0 Å². The molecule has 0 radical (unpaired) electrons. The van der Waals surface area contributed by atoms with Crippen LogP contribution in [0, 0.1) is 18.8 Å². The minimum absolute atomic E-state index is 0.482. The number of fused-ring (bicyclic) bond motifs is 1. The Morgan fingerprint density at radius 2 is 1.83 bits per heavy atom. The lowest BCUT2D eigenvalue weighted by Crippen LogP contribution is -2.07. The Bertz CT molecular complexity index is 569. The van der Waals surface area contributed by atoms with Crippen molar-refractivity contribution in [2.24, 2.45) is 11.8 Å². The first-order chi connectivity index (χ1) is 8.68. The van der Waals surface area contributed by atoms with Gasteiger partial charge in [-0.25, -0.2) is 0 Å². The van der Waals surface area contributed by atoms with Crippen LogP contribution in [0.2, 0.25) is 0 Å². The highest BCUT2D eigenvalue weighted by molar-refractivity contribution is 9.09. The predicted molar refractivity (Wildman–Crippen MR) is 82.2 cm³/mol. The van der Waals surface area contributed by atoms with Gasteiger partial charge >= 0.3 is 0 Å². The van der Waals surface area contributed by atoms with E-state index >= 15 is 0 Å². The van der Waals surface area contributed by atoms with Crippen LogP contribution in [0.25, 0.3) is 10.8 Å². The number of hydrogen-bond acceptors (Lipinski definition) is 0. The third-order valence-electron chi connectivity index (χ3n) is 4.29. The van der Waals surface area contributed by atoms with Crippen LogP contribution >= 0.6 is 15.9 Å². The summed E-state index contributed by atoms with van der Waals surface area (Å²) in [5.74, 6) is 1.65. The highest BCUT2D eigenvalue weighted by atomic mass is 79.9. The summed E-state index contributed by atoms with van der Waals surface area (Å²) >= 11 is 3.96. The maximum absolute atomic E-state index is 3.96. The smallest absolute Gasteiger partial charge is 0.0432 e. The second-order valence-corrected chi connectivity index (χ2v) is 6.60. The Balaban J connectivity index is 2.11. The van der Waals surface area contributed by atoms with Crippen molar-refractivity contribution in [2.45, 2.75) is 31.5 Å². The van der Waals surface area contributed by atoms with Crippen LogP contribution in [0.5, 0.6) is 0 Å². The molecule has 2 aromatic rings. The fourth-order valence-electron chi connectivity index (χ4n) is 2.89. The molecule has 2 aromatic carbocycles. The highest BCUT2D eigenvalue weighted by Crippen LogP contribution is 2.48. The summed E-state index contributed by atoms with van der Waals surface area (Å²) in [6, 6.07) is 13.2. The molecule has 1 heteroatoms. The van der Waals surface area contributed by atoms with Crippen molar-refractivity contribution in [1.29, 1.82) is 0 Å². The molecule has 1 aliphatic carbocycles. The van der Waals surface area contributed by atoms with Gasteiger partial charge in [0.1, 0.15) is 0 Å². The van der Waals surface area contributed by atoms with Gasteiger partial charge in [-0.2, -0.15) is 0 Å². The van der Waals surface area contributed by atoms with Crippen molar-refractivity contribution >= 4 is 26.7 Å². The minimum Gasteiger partial charge on any atom is -0.0835 e. The lowest BCUT2D eigenvalue weighted by molar-refractivity contribution is 0.503. The fraction of sp³-hybridized carbons (Fsp3) is 0.412. The minimum atomic E-state index is 0.482. The van der Waals surface area contributed by atoms with Crippen molar-refractivity contribution in [3.05, 3.63) is 47.5 Å². The number of halogens is 1. The van der Waals surface area contributed by atoms with Crippen molar-refractivity contribution in [3.63, 3.8) is 0 Å². The molecule has 0 aliphatic heterocycles. The Labute approximate surface area is 118 Å². The molecule has 2 atom stereocenters. The molecule has 0 saturated heterocycles. The van der Waals surface area contributed by atoms with E-state index in [1.807, 2.05) is 0 Å². The molecule has 0 bridgehead atoms. The monoisotopic (exact) mass is 302 g/mol. The molecule has 0 aromatic heterocycles. The van der Waals surface area contributed by atoms with Gasteiger partial charge in [0.25, 0.3) is 0 Å². The molecule has 3 rings (SSSR count). The van der Waals surface area contributed by atoms with E-state index in [2.05, 4.69) is 66.2 Å². The molecular weight excluding hydrogens is 284 g/mol. The molecule has 2 unspecified atom stereocenters. The van der Waals surface area contributed by atoms with Crippen LogP contribution in [0.4, 0.5) is 0 Å². The molecule has 94 valence electrons. The Kier molecular flexibility index (Phi) is 3.19. The van der Waals surface area contributed by atoms with Gasteiger partial charge in [0.2, 0.25) is 0 Å². The zero-order chi connectivity index (χ0) is 12.7. The van der Waals surface area contributed by atoms with E-state index in [9.17, 15) is 0 Å². The largest absolute Gasteiger partial charge is 0.0835 e. The maximum Gasteiger partial charge on any atom is 0.0432 e. The van der Waals surface area contributed by atoms with Crippen LogP contribution in [0.1, 0.15) is 35.7 Å². The maximum atomic E-state index is 3.96. The van der Waals surface area contributed by atoms with Gasteiger partial charge in [-0.05, 0) is 53.5 Å². The van der Waals surface area contributed by atoms with Gasteiger partial charge in [-0.1, -0.05) is 59.3 Å². The van der Waals surface area contributed by atoms with Crippen molar-refractivity contribution in [1.82, 2.24) is 0 Å². The summed E-state index contributed by atoms with van der Waals surface area (Å²) in [6.07, 6.45) is 2.82. The first-order valence-electron chi connectivity index (χ1n) is 6.81. The van der Waals surface area contributed by atoms with Gasteiger partial charge in [0.15, 0.2) is 0 Å². The topological polar surface area (TPSA) is 0 Å². The Morgan fingerprint density at radius 3 is 2.56 bits per heavy atom. The average molecular weight is 303 g/mol. The molecule has 0 heterocycles. The van der Waals surface area contributed by atoms with Crippen LogP contribution in [0.15, 0.2) is 36.4 Å². The van der Waals surface area contributed by atoms with E-state index in [1.165, 1.54) is 34.7 Å². The normalized spacial score (nSPS) is 18.8. The summed E-state index contributed by atoms with van der Waals surface area (Å²) in [4.78, 5) is 0.482. The van der Waals surface area contributed by atoms with Crippen LogP contribution in [0.3, 0.4) is 0 Å². The van der Waals surface area contributed by atoms with Crippen molar-refractivity contribution < 1.29 is 0 Å². The molecule has 1 fully saturated rings. The predicted octanol–water partition coefficient (Wildman–Crippen LogP) is 5.63. The second kappa shape index (κ2) is 4.70. The number of benzene rings is 2. The zero-order valence-corrected chi connectivity index (χ0v) is 12.6. The molecule has 18 heavy (non-hydrogen) atoms. The lowest BCUT2D eigenvalue weighted by atomic mass is 9.90. The van der Waals surface area contributed by atoms with E-state index in [1.54, 1.807) is 0 Å². The SMILES string of the molecule is Cc1ccc2ccccc2c1C(Br)C(C)C1CC1. The van der Waals surface area contributed by atoms with Crippen molar-refractivity contribution in [3.8, 4) is 0 Å². The summed E-state index contributed by atoms with van der Waals surface area (Å²) in [6.45, 7) is 4.62. The molecule has 1 saturated carbocycles. The number of hydrogen-bond donors (Lipinski definition) is 0. The van der Waals surface area contributed by atoms with Gasteiger partial charge in [-0.3, -0.25) is 0 Å². The Hall–Kier alpha value is -0.820. The molecule has 0 amide bonds. The number of alkyl halides is 1. The van der Waals surface area contributed by atoms with Gasteiger partial charge in [0, 0.05) is 4.83 Å². The fourth-order valence-corrected chi connectivity index (χ4v) is 3.93. The summed E-state index contributed by atoms with van der Waals surface area (Å²) < 4.78 is 0. The summed E-state index contributed by atoms with van der Waals surface area (Å²) in [5, 5.41) is 2.76. The average Bonchev–Trinajstić information content (AvgIpc) is 3.21. The van der Waals surface area contributed by atoms with E-state index in [0.29, 0.717) is 4.83 Å². The third kappa shape index (κ3) is 2.09. The van der Waals surface area contributed by atoms with Gasteiger partial charge in [0.05, 0.1) is 0 Å². The second-order valence-electron chi connectivity index (χ2n) is 5.62. The summed E-state index contributed by atoms with van der Waals surface area (Å²) in [7, 11) is 0. The Morgan fingerprint density at radius 1 is 1.11 bits per heavy atom.